The van der Waals surface area contributed by atoms with E-state index in [-0.39, 0.29) is 12.0 Å². The second-order valence-electron chi connectivity index (χ2n) is 6.33. The number of alkyl halides is 2. The van der Waals surface area contributed by atoms with Gasteiger partial charge in [-0.3, -0.25) is 0 Å². The van der Waals surface area contributed by atoms with E-state index in [0.717, 1.165) is 38.8 Å². The van der Waals surface area contributed by atoms with Gasteiger partial charge in [0.25, 0.3) is 0 Å². The summed E-state index contributed by atoms with van der Waals surface area (Å²) in [6.07, 6.45) is 4.73. The van der Waals surface area contributed by atoms with Crippen molar-refractivity contribution >= 4 is 40.9 Å². The Bertz CT molecular complexity index is 601. The Morgan fingerprint density at radius 3 is 2.50 bits per heavy atom. The number of rotatable bonds is 4. The minimum Gasteiger partial charge on any atom is -0.491 e. The third kappa shape index (κ3) is 4.62. The standard InChI is InChI=1S/C17H20Cl3NO3/c18-14-6-5-13(9-15(14)23-11-12-10-17(12,19)20)24-16(22)21-7-3-1-2-4-8-21/h5-6,9,12H,1-4,7-8,10-11H2. The van der Waals surface area contributed by atoms with Crippen molar-refractivity contribution in [3.05, 3.63) is 23.2 Å². The van der Waals surface area contributed by atoms with E-state index in [9.17, 15) is 4.79 Å². The normalized spacial score (nSPS) is 22.6. The zero-order valence-corrected chi connectivity index (χ0v) is 15.5. The summed E-state index contributed by atoms with van der Waals surface area (Å²) in [7, 11) is 0. The first-order chi connectivity index (χ1) is 11.5. The van der Waals surface area contributed by atoms with Gasteiger partial charge in [0, 0.05) is 25.1 Å². The molecule has 132 valence electrons. The molecule has 0 aromatic heterocycles. The molecule has 4 nitrogen and oxygen atoms in total. The lowest BCUT2D eigenvalue weighted by molar-refractivity contribution is 0.154. The first-order valence-electron chi connectivity index (χ1n) is 8.22. The smallest absolute Gasteiger partial charge is 0.415 e. The average Bonchev–Trinajstić information content (AvgIpc) is 3.24. The van der Waals surface area contributed by atoms with Gasteiger partial charge < -0.3 is 14.4 Å². The van der Waals surface area contributed by atoms with Crippen molar-refractivity contribution in [2.24, 2.45) is 5.92 Å². The molecule has 2 fully saturated rings. The predicted octanol–water partition coefficient (Wildman–Crippen LogP) is 5.29. The quantitative estimate of drug-likeness (QED) is 0.654. The van der Waals surface area contributed by atoms with Crippen LogP contribution in [-0.4, -0.2) is 35.0 Å². The molecule has 3 rings (SSSR count). The summed E-state index contributed by atoms with van der Waals surface area (Å²) in [6.45, 7) is 1.87. The molecular formula is C17H20Cl3NO3. The van der Waals surface area contributed by atoms with E-state index in [0.29, 0.717) is 29.5 Å². The molecule has 0 radical (unpaired) electrons. The Kier molecular flexibility index (Phi) is 5.68. The highest BCUT2D eigenvalue weighted by atomic mass is 35.5. The van der Waals surface area contributed by atoms with E-state index < -0.39 is 4.33 Å². The van der Waals surface area contributed by atoms with Crippen molar-refractivity contribution in [2.45, 2.75) is 36.4 Å². The van der Waals surface area contributed by atoms with E-state index in [1.165, 1.54) is 0 Å². The topological polar surface area (TPSA) is 38.8 Å². The van der Waals surface area contributed by atoms with Crippen LogP contribution in [0.3, 0.4) is 0 Å². The summed E-state index contributed by atoms with van der Waals surface area (Å²) in [5.74, 6) is 0.983. The lowest BCUT2D eigenvalue weighted by Crippen LogP contribution is -2.34. The summed E-state index contributed by atoms with van der Waals surface area (Å²) in [5, 5.41) is 0.458. The van der Waals surface area contributed by atoms with Crippen LogP contribution < -0.4 is 9.47 Å². The van der Waals surface area contributed by atoms with Crippen LogP contribution in [0.1, 0.15) is 32.1 Å². The van der Waals surface area contributed by atoms with E-state index in [1.54, 1.807) is 23.1 Å². The number of hydrogen-bond acceptors (Lipinski definition) is 3. The molecule has 1 aliphatic heterocycles. The van der Waals surface area contributed by atoms with Crippen molar-refractivity contribution in [1.29, 1.82) is 0 Å². The van der Waals surface area contributed by atoms with Gasteiger partial charge in [0.05, 0.1) is 11.6 Å². The summed E-state index contributed by atoms with van der Waals surface area (Å²) < 4.78 is 10.5. The molecule has 7 heteroatoms. The SMILES string of the molecule is O=C(Oc1ccc(Cl)c(OCC2CC2(Cl)Cl)c1)N1CCCCCC1. The zero-order chi connectivity index (χ0) is 17.2. The van der Waals surface area contributed by atoms with Gasteiger partial charge in [0.2, 0.25) is 0 Å². The Labute approximate surface area is 156 Å². The fourth-order valence-electron chi connectivity index (χ4n) is 2.72. The molecule has 0 spiro atoms. The number of halogens is 3. The highest BCUT2D eigenvalue weighted by Crippen LogP contribution is 2.53. The third-order valence-corrected chi connectivity index (χ3v) is 5.61. The van der Waals surface area contributed by atoms with Gasteiger partial charge in [0.15, 0.2) is 0 Å². The summed E-state index contributed by atoms with van der Waals surface area (Å²) >= 11 is 18.1. The van der Waals surface area contributed by atoms with Crippen LogP contribution in [0, 0.1) is 5.92 Å². The molecule has 0 N–H and O–H groups in total. The number of nitrogens with zero attached hydrogens (tertiary/aromatic N) is 1. The molecule has 1 heterocycles. The van der Waals surface area contributed by atoms with Gasteiger partial charge in [-0.05, 0) is 31.4 Å². The highest BCUT2D eigenvalue weighted by molar-refractivity contribution is 6.50. The first-order valence-corrected chi connectivity index (χ1v) is 9.36. The number of likely N-dealkylation sites (tertiary alicyclic amines) is 1. The largest absolute Gasteiger partial charge is 0.491 e. The molecule has 1 saturated heterocycles. The Hall–Kier alpha value is -0.840. The van der Waals surface area contributed by atoms with Crippen LogP contribution in [0.2, 0.25) is 5.02 Å². The maximum atomic E-state index is 12.3. The molecule has 1 atom stereocenters. The van der Waals surface area contributed by atoms with Crippen molar-refractivity contribution in [3.63, 3.8) is 0 Å². The second-order valence-corrected chi connectivity index (χ2v) is 8.28. The van der Waals surface area contributed by atoms with Gasteiger partial charge in [-0.25, -0.2) is 4.79 Å². The van der Waals surface area contributed by atoms with E-state index >= 15 is 0 Å². The van der Waals surface area contributed by atoms with Crippen LogP contribution in [0.5, 0.6) is 11.5 Å². The van der Waals surface area contributed by atoms with E-state index in [1.807, 2.05) is 0 Å². The number of benzene rings is 1. The van der Waals surface area contributed by atoms with E-state index in [4.69, 9.17) is 44.3 Å². The monoisotopic (exact) mass is 391 g/mol. The third-order valence-electron chi connectivity index (χ3n) is 4.37. The van der Waals surface area contributed by atoms with Gasteiger partial charge in [-0.15, -0.1) is 23.2 Å². The molecule has 2 aliphatic rings. The van der Waals surface area contributed by atoms with Crippen LogP contribution in [0.4, 0.5) is 4.79 Å². The summed E-state index contributed by atoms with van der Waals surface area (Å²) in [4.78, 5) is 14.0. The number of ether oxygens (including phenoxy) is 2. The minimum atomic E-state index is -0.691. The fourth-order valence-corrected chi connectivity index (χ4v) is 3.39. The lowest BCUT2D eigenvalue weighted by atomic mass is 10.2. The molecule has 0 bridgehead atoms. The van der Waals surface area contributed by atoms with Gasteiger partial charge >= 0.3 is 6.09 Å². The number of carbonyl (C=O) groups is 1. The van der Waals surface area contributed by atoms with Crippen LogP contribution >= 0.6 is 34.8 Å². The van der Waals surface area contributed by atoms with Crippen molar-refractivity contribution < 1.29 is 14.3 Å². The Balaban J connectivity index is 1.59. The van der Waals surface area contributed by atoms with Crippen LogP contribution in [0.15, 0.2) is 18.2 Å². The predicted molar refractivity (Wildman–Crippen MR) is 95.6 cm³/mol. The molecule has 1 saturated carbocycles. The molecule has 24 heavy (non-hydrogen) atoms. The Morgan fingerprint density at radius 1 is 1.21 bits per heavy atom. The number of hydrogen-bond donors (Lipinski definition) is 0. The molecule has 1 aromatic carbocycles. The molecule has 1 aliphatic carbocycles. The van der Waals surface area contributed by atoms with Gasteiger partial charge in [-0.1, -0.05) is 24.4 Å². The lowest BCUT2D eigenvalue weighted by Gasteiger charge is -2.19. The summed E-state index contributed by atoms with van der Waals surface area (Å²) in [6, 6.07) is 4.95. The second kappa shape index (κ2) is 7.59. The number of amides is 1. The van der Waals surface area contributed by atoms with Gasteiger partial charge in [-0.2, -0.15) is 0 Å². The molecule has 1 amide bonds. The van der Waals surface area contributed by atoms with Crippen LogP contribution in [-0.2, 0) is 0 Å². The molecular weight excluding hydrogens is 373 g/mol. The number of carbonyl (C=O) groups excluding carboxylic acids is 1. The van der Waals surface area contributed by atoms with Crippen molar-refractivity contribution in [3.8, 4) is 11.5 Å². The maximum Gasteiger partial charge on any atom is 0.415 e. The summed E-state index contributed by atoms with van der Waals surface area (Å²) in [5.41, 5.74) is 0. The maximum absolute atomic E-state index is 12.3. The Morgan fingerprint density at radius 2 is 1.88 bits per heavy atom. The first kappa shape index (κ1) is 18.0. The van der Waals surface area contributed by atoms with E-state index in [2.05, 4.69) is 0 Å². The zero-order valence-electron chi connectivity index (χ0n) is 13.3. The average molecular weight is 393 g/mol. The van der Waals surface area contributed by atoms with Crippen molar-refractivity contribution in [1.82, 2.24) is 4.90 Å². The van der Waals surface area contributed by atoms with Gasteiger partial charge in [0.1, 0.15) is 15.8 Å². The van der Waals surface area contributed by atoms with Crippen molar-refractivity contribution in [2.75, 3.05) is 19.7 Å². The molecule has 1 aromatic rings. The highest BCUT2D eigenvalue weighted by Gasteiger charge is 2.52. The molecule has 1 unspecified atom stereocenters. The fraction of sp³-hybridized carbons (Fsp3) is 0.588. The minimum absolute atomic E-state index is 0.0974. The van der Waals surface area contributed by atoms with Crippen LogP contribution in [0.25, 0.3) is 0 Å².